The molecule has 9 nitrogen and oxygen atoms in total. The Bertz CT molecular complexity index is 1580. The first-order valence-corrected chi connectivity index (χ1v) is 14.5. The number of barbiturate groups is 1. The third kappa shape index (κ3) is 4.91. The van der Waals surface area contributed by atoms with E-state index in [1.807, 2.05) is 34.9 Å². The van der Waals surface area contributed by atoms with Gasteiger partial charge in [0.05, 0.1) is 12.8 Å². The van der Waals surface area contributed by atoms with Gasteiger partial charge in [-0.1, -0.05) is 44.2 Å². The Morgan fingerprint density at radius 2 is 1.67 bits per heavy atom. The van der Waals surface area contributed by atoms with Gasteiger partial charge in [-0.3, -0.25) is 19.7 Å². The minimum absolute atomic E-state index is 0.00690. The Morgan fingerprint density at radius 1 is 0.929 bits per heavy atom. The summed E-state index contributed by atoms with van der Waals surface area (Å²) in [6, 6.07) is 19.3. The molecule has 3 aromatic rings. The summed E-state index contributed by atoms with van der Waals surface area (Å²) >= 11 is 0. The molecule has 4 amide bonds. The number of likely N-dealkylation sites (tertiary alicyclic amines) is 1. The smallest absolute Gasteiger partial charge is 0.335 e. The fourth-order valence-corrected chi connectivity index (χ4v) is 6.87. The molecular formula is C33H36N4O5. The van der Waals surface area contributed by atoms with Gasteiger partial charge < -0.3 is 14.2 Å². The number of aromatic nitrogens is 1. The van der Waals surface area contributed by atoms with Gasteiger partial charge in [-0.05, 0) is 66.1 Å². The number of pyridine rings is 1. The highest BCUT2D eigenvalue weighted by atomic mass is 16.5. The van der Waals surface area contributed by atoms with Crippen molar-refractivity contribution in [3.05, 3.63) is 93.9 Å². The van der Waals surface area contributed by atoms with Crippen molar-refractivity contribution in [1.82, 2.24) is 14.8 Å². The Balaban J connectivity index is 1.37. The maximum Gasteiger partial charge on any atom is 0.335 e. The standard InChI is InChI=1S/C33H36N4O5/c1-21(2)24-9-7-22(8-10-24)16-33(20-35-17-23-15-25(19-35)28-5-4-6-29(38)36(28)18-23)30(39)34-32(41)37(31(33)40)26-11-13-27(42-3)14-12-26/h4-14,21,23,25H,15-20H2,1-3H3,(H,34,39,41)/t23-,25+,33?/m1/s1. The van der Waals surface area contributed by atoms with Crippen molar-refractivity contribution in [3.63, 3.8) is 0 Å². The van der Waals surface area contributed by atoms with Crippen LogP contribution in [0.2, 0.25) is 0 Å². The molecule has 2 bridgehead atoms. The molecule has 42 heavy (non-hydrogen) atoms. The van der Waals surface area contributed by atoms with Gasteiger partial charge in [0.15, 0.2) is 0 Å². The molecule has 1 aromatic heterocycles. The number of hydrogen-bond donors (Lipinski definition) is 1. The Labute approximate surface area is 245 Å². The fraction of sp³-hybridized carbons (Fsp3) is 0.394. The molecule has 218 valence electrons. The lowest BCUT2D eigenvalue weighted by Crippen LogP contribution is -2.68. The predicted molar refractivity (Wildman–Crippen MR) is 159 cm³/mol. The first kappa shape index (κ1) is 27.9. The molecule has 2 aromatic carbocycles. The van der Waals surface area contributed by atoms with Crippen LogP contribution in [-0.4, -0.2) is 54.1 Å². The highest BCUT2D eigenvalue weighted by molar-refractivity contribution is 6.30. The summed E-state index contributed by atoms with van der Waals surface area (Å²) in [5.74, 6) is 0.160. The molecule has 0 saturated carbocycles. The van der Waals surface area contributed by atoms with Crippen molar-refractivity contribution in [2.24, 2.45) is 11.3 Å². The summed E-state index contributed by atoms with van der Waals surface area (Å²) in [4.78, 5) is 57.4. The molecule has 1 N–H and O–H groups in total. The third-order valence-corrected chi connectivity index (χ3v) is 9.00. The summed E-state index contributed by atoms with van der Waals surface area (Å²) in [5.41, 5.74) is 1.86. The van der Waals surface area contributed by atoms with Gasteiger partial charge in [0.25, 0.3) is 11.5 Å². The van der Waals surface area contributed by atoms with Crippen molar-refractivity contribution >= 4 is 23.5 Å². The van der Waals surface area contributed by atoms with E-state index in [4.69, 9.17) is 4.74 Å². The zero-order valence-electron chi connectivity index (χ0n) is 24.2. The summed E-state index contributed by atoms with van der Waals surface area (Å²) in [6.07, 6.45) is 1.11. The second-order valence-electron chi connectivity index (χ2n) is 12.1. The molecule has 3 atom stereocenters. The lowest BCUT2D eigenvalue weighted by atomic mass is 9.75. The molecule has 6 rings (SSSR count). The number of amides is 4. The second-order valence-corrected chi connectivity index (χ2v) is 12.1. The van der Waals surface area contributed by atoms with Crippen LogP contribution in [0.3, 0.4) is 0 Å². The topological polar surface area (TPSA) is 101 Å². The summed E-state index contributed by atoms with van der Waals surface area (Å²) in [7, 11) is 1.55. The van der Waals surface area contributed by atoms with E-state index in [2.05, 4.69) is 24.1 Å². The maximum absolute atomic E-state index is 14.5. The van der Waals surface area contributed by atoms with Crippen LogP contribution in [0.15, 0.2) is 71.5 Å². The fourth-order valence-electron chi connectivity index (χ4n) is 6.87. The minimum atomic E-state index is -1.53. The van der Waals surface area contributed by atoms with Crippen LogP contribution < -0.4 is 20.5 Å². The monoisotopic (exact) mass is 568 g/mol. The van der Waals surface area contributed by atoms with Crippen molar-refractivity contribution in [2.45, 2.75) is 45.1 Å². The van der Waals surface area contributed by atoms with Crippen LogP contribution in [0.4, 0.5) is 10.5 Å². The molecule has 3 aliphatic rings. The van der Waals surface area contributed by atoms with E-state index < -0.39 is 23.3 Å². The summed E-state index contributed by atoms with van der Waals surface area (Å²) in [5, 5.41) is 2.51. The van der Waals surface area contributed by atoms with E-state index in [9.17, 15) is 19.2 Å². The van der Waals surface area contributed by atoms with E-state index in [1.165, 1.54) is 5.56 Å². The van der Waals surface area contributed by atoms with Gasteiger partial charge in [0, 0.05) is 43.9 Å². The van der Waals surface area contributed by atoms with Crippen molar-refractivity contribution in [3.8, 4) is 5.75 Å². The number of nitrogens with zero attached hydrogens (tertiary/aromatic N) is 3. The summed E-state index contributed by atoms with van der Waals surface area (Å²) in [6.45, 7) is 6.28. The Kier molecular flexibility index (Phi) is 7.22. The SMILES string of the molecule is COc1ccc(N2C(=O)NC(=O)C(Cc3ccc(C(C)C)cc3)(CN3C[C@H]4C[C@@H](C3)c3cccc(=O)n3C4)C2=O)cc1. The van der Waals surface area contributed by atoms with Gasteiger partial charge in [-0.15, -0.1) is 0 Å². The van der Waals surface area contributed by atoms with E-state index in [-0.39, 0.29) is 30.4 Å². The van der Waals surface area contributed by atoms with E-state index in [0.29, 0.717) is 37.0 Å². The largest absolute Gasteiger partial charge is 0.497 e. The molecule has 2 fully saturated rings. The molecule has 0 aliphatic carbocycles. The number of urea groups is 1. The normalized spacial score (nSPS) is 24.0. The van der Waals surface area contributed by atoms with Crippen LogP contribution in [0.25, 0.3) is 0 Å². The van der Waals surface area contributed by atoms with Gasteiger partial charge >= 0.3 is 6.03 Å². The molecule has 0 spiro atoms. The highest BCUT2D eigenvalue weighted by Crippen LogP contribution is 2.39. The quantitative estimate of drug-likeness (QED) is 0.434. The number of carbonyl (C=O) groups is 3. The second kappa shape index (κ2) is 10.9. The molecular weight excluding hydrogens is 532 g/mol. The first-order chi connectivity index (χ1) is 20.2. The van der Waals surface area contributed by atoms with Gasteiger partial charge in [0.2, 0.25) is 5.91 Å². The number of rotatable bonds is 7. The number of fused-ring (bicyclic) bond motifs is 4. The third-order valence-electron chi connectivity index (χ3n) is 9.00. The van der Waals surface area contributed by atoms with Gasteiger partial charge in [-0.2, -0.15) is 0 Å². The van der Waals surface area contributed by atoms with Crippen molar-refractivity contribution in [1.29, 1.82) is 0 Å². The van der Waals surface area contributed by atoms with Crippen molar-refractivity contribution in [2.75, 3.05) is 31.6 Å². The number of imide groups is 2. The van der Waals surface area contributed by atoms with Crippen LogP contribution >= 0.6 is 0 Å². The molecule has 2 saturated heterocycles. The van der Waals surface area contributed by atoms with E-state index >= 15 is 0 Å². The average molecular weight is 569 g/mol. The predicted octanol–water partition coefficient (Wildman–Crippen LogP) is 3.91. The van der Waals surface area contributed by atoms with E-state index in [0.717, 1.165) is 22.6 Å². The molecule has 9 heteroatoms. The molecule has 4 heterocycles. The highest BCUT2D eigenvalue weighted by Gasteiger charge is 2.55. The molecule has 3 aliphatic heterocycles. The van der Waals surface area contributed by atoms with Crippen LogP contribution in [0.5, 0.6) is 5.75 Å². The first-order valence-electron chi connectivity index (χ1n) is 14.5. The number of ether oxygens (including phenoxy) is 1. The molecule has 0 radical (unpaired) electrons. The zero-order chi connectivity index (χ0) is 29.6. The Hall–Kier alpha value is -4.24. The van der Waals surface area contributed by atoms with Gasteiger partial charge in [-0.25, -0.2) is 9.69 Å². The maximum atomic E-state index is 14.5. The lowest BCUT2D eigenvalue weighted by molar-refractivity contribution is -0.144. The van der Waals surface area contributed by atoms with Crippen molar-refractivity contribution < 1.29 is 19.1 Å². The number of hydrogen-bond acceptors (Lipinski definition) is 6. The number of carbonyl (C=O) groups excluding carboxylic acids is 3. The minimum Gasteiger partial charge on any atom is -0.497 e. The number of benzene rings is 2. The number of methoxy groups -OCH3 is 1. The number of piperidine rings is 1. The molecule has 1 unspecified atom stereocenters. The summed E-state index contributed by atoms with van der Waals surface area (Å²) < 4.78 is 7.12. The van der Waals surface area contributed by atoms with Crippen LogP contribution in [0, 0.1) is 11.3 Å². The van der Waals surface area contributed by atoms with Crippen LogP contribution in [-0.2, 0) is 22.6 Å². The van der Waals surface area contributed by atoms with E-state index in [1.54, 1.807) is 43.5 Å². The Morgan fingerprint density at radius 3 is 2.36 bits per heavy atom. The number of nitrogens with one attached hydrogen (secondary N) is 1. The lowest BCUT2D eigenvalue weighted by Gasteiger charge is -2.47. The number of anilines is 1. The van der Waals surface area contributed by atoms with Crippen LogP contribution in [0.1, 0.15) is 48.9 Å². The van der Waals surface area contributed by atoms with Gasteiger partial charge in [0.1, 0.15) is 11.2 Å². The zero-order valence-corrected chi connectivity index (χ0v) is 24.2. The average Bonchev–Trinajstić information content (AvgIpc) is 2.97.